The van der Waals surface area contributed by atoms with Crippen LogP contribution in [0.1, 0.15) is 11.1 Å². The zero-order valence-electron chi connectivity index (χ0n) is 11.3. The summed E-state index contributed by atoms with van der Waals surface area (Å²) in [6.45, 7) is 1.51. The predicted molar refractivity (Wildman–Crippen MR) is 69.0 cm³/mol. The third-order valence-electron chi connectivity index (χ3n) is 2.44. The molecule has 0 unspecified atom stereocenters. The largest absolute Gasteiger partial charge is 0.416 e. The highest BCUT2D eigenvalue weighted by atomic mass is 31.2. The maximum atomic E-state index is 12.7. The summed E-state index contributed by atoms with van der Waals surface area (Å²) in [5.41, 5.74) is -4.43. The second-order valence-electron chi connectivity index (χ2n) is 4.53. The van der Waals surface area contributed by atoms with Crippen molar-refractivity contribution >= 4 is 18.7 Å². The molecule has 0 heterocycles. The first-order valence-electron chi connectivity index (χ1n) is 5.55. The standard InChI is InChI=1S/C10H10F3N2O6P/c1-22(2,20)21-5-7-8(14(16)17)3-6(10(11,12)13)4-9(7)15(18)19/h3-4H,5H2,1-2H3. The average Bonchev–Trinajstić information content (AvgIpc) is 2.32. The van der Waals surface area contributed by atoms with E-state index in [9.17, 15) is 38.0 Å². The van der Waals surface area contributed by atoms with Gasteiger partial charge >= 0.3 is 6.18 Å². The van der Waals surface area contributed by atoms with Crippen LogP contribution in [0.4, 0.5) is 24.5 Å². The van der Waals surface area contributed by atoms with Crippen molar-refractivity contribution in [3.05, 3.63) is 43.5 Å². The summed E-state index contributed by atoms with van der Waals surface area (Å²) < 4.78 is 54.2. The quantitative estimate of drug-likeness (QED) is 0.459. The molecule has 0 spiro atoms. The molecule has 122 valence electrons. The Morgan fingerprint density at radius 1 is 1.14 bits per heavy atom. The maximum absolute atomic E-state index is 12.7. The van der Waals surface area contributed by atoms with E-state index >= 15 is 0 Å². The summed E-state index contributed by atoms with van der Waals surface area (Å²) in [5, 5.41) is 21.8. The fraction of sp³-hybridized carbons (Fsp3) is 0.400. The van der Waals surface area contributed by atoms with Crippen LogP contribution in [0.3, 0.4) is 0 Å². The molecule has 0 amide bonds. The van der Waals surface area contributed by atoms with Gasteiger partial charge in [0.25, 0.3) is 11.4 Å². The van der Waals surface area contributed by atoms with E-state index < -0.39 is 52.5 Å². The van der Waals surface area contributed by atoms with Crippen LogP contribution in [-0.2, 0) is 21.9 Å². The van der Waals surface area contributed by atoms with E-state index in [4.69, 9.17) is 4.52 Å². The topological polar surface area (TPSA) is 113 Å². The van der Waals surface area contributed by atoms with Gasteiger partial charge in [-0.15, -0.1) is 0 Å². The summed E-state index contributed by atoms with van der Waals surface area (Å²) in [4.78, 5) is 19.4. The second-order valence-corrected chi connectivity index (χ2v) is 7.29. The molecular weight excluding hydrogens is 332 g/mol. The van der Waals surface area contributed by atoms with Gasteiger partial charge in [0.15, 0.2) is 7.37 Å². The number of rotatable bonds is 5. The van der Waals surface area contributed by atoms with Gasteiger partial charge in [-0.05, 0) is 0 Å². The Labute approximate surface area is 121 Å². The van der Waals surface area contributed by atoms with Crippen molar-refractivity contribution in [1.29, 1.82) is 0 Å². The van der Waals surface area contributed by atoms with Gasteiger partial charge in [-0.3, -0.25) is 24.8 Å². The summed E-state index contributed by atoms with van der Waals surface area (Å²) in [6, 6.07) is 0.365. The zero-order chi connectivity index (χ0) is 17.3. The van der Waals surface area contributed by atoms with Gasteiger partial charge in [0.2, 0.25) is 0 Å². The Hall–Kier alpha value is -2.00. The Balaban J connectivity index is 3.54. The van der Waals surface area contributed by atoms with E-state index in [-0.39, 0.29) is 12.1 Å². The van der Waals surface area contributed by atoms with Gasteiger partial charge in [0.1, 0.15) is 5.56 Å². The maximum Gasteiger partial charge on any atom is 0.416 e. The van der Waals surface area contributed by atoms with E-state index in [1.54, 1.807) is 0 Å². The lowest BCUT2D eigenvalue weighted by Crippen LogP contribution is -2.10. The molecule has 0 aromatic heterocycles. The summed E-state index contributed by atoms with van der Waals surface area (Å²) in [6.07, 6.45) is -4.99. The van der Waals surface area contributed by atoms with Gasteiger partial charge in [0, 0.05) is 25.5 Å². The summed E-state index contributed by atoms with van der Waals surface area (Å²) >= 11 is 0. The molecule has 0 N–H and O–H groups in total. The third-order valence-corrected chi connectivity index (χ3v) is 3.19. The lowest BCUT2D eigenvalue weighted by molar-refractivity contribution is -0.396. The average molecular weight is 342 g/mol. The Kier molecular flexibility index (Phi) is 4.93. The third kappa shape index (κ3) is 4.50. The van der Waals surface area contributed by atoms with Gasteiger partial charge in [-0.25, -0.2) is 0 Å². The van der Waals surface area contributed by atoms with Crippen molar-refractivity contribution in [1.82, 2.24) is 0 Å². The Morgan fingerprint density at radius 3 is 1.82 bits per heavy atom. The summed E-state index contributed by atoms with van der Waals surface area (Å²) in [7, 11) is -3.14. The number of halogens is 3. The number of hydrogen-bond donors (Lipinski definition) is 0. The zero-order valence-corrected chi connectivity index (χ0v) is 12.2. The molecule has 0 saturated carbocycles. The van der Waals surface area contributed by atoms with Crippen molar-refractivity contribution in [2.24, 2.45) is 0 Å². The van der Waals surface area contributed by atoms with Crippen LogP contribution < -0.4 is 0 Å². The number of hydrogen-bond acceptors (Lipinski definition) is 6. The van der Waals surface area contributed by atoms with Gasteiger partial charge in [0.05, 0.1) is 22.0 Å². The molecule has 8 nitrogen and oxygen atoms in total. The number of benzene rings is 1. The molecular formula is C10H10F3N2O6P. The van der Waals surface area contributed by atoms with Gasteiger partial charge in [-0.1, -0.05) is 0 Å². The van der Waals surface area contributed by atoms with Crippen molar-refractivity contribution in [2.45, 2.75) is 12.8 Å². The molecule has 0 bridgehead atoms. The van der Waals surface area contributed by atoms with Crippen LogP contribution in [0.25, 0.3) is 0 Å². The highest BCUT2D eigenvalue weighted by molar-refractivity contribution is 7.57. The normalized spacial score (nSPS) is 12.2. The molecule has 1 rings (SSSR count). The SMILES string of the molecule is CP(C)(=O)OCc1c([N+](=O)[O-])cc(C(F)(F)F)cc1[N+](=O)[O-]. The van der Waals surface area contributed by atoms with Crippen LogP contribution in [-0.4, -0.2) is 23.2 Å². The molecule has 22 heavy (non-hydrogen) atoms. The van der Waals surface area contributed by atoms with E-state index in [1.165, 1.54) is 0 Å². The first kappa shape index (κ1) is 18.1. The number of nitrogens with zero attached hydrogens (tertiary/aromatic N) is 2. The highest BCUT2D eigenvalue weighted by Crippen LogP contribution is 2.43. The molecule has 0 atom stereocenters. The Morgan fingerprint density at radius 2 is 1.55 bits per heavy atom. The molecule has 1 aromatic rings. The monoisotopic (exact) mass is 342 g/mol. The number of nitro groups is 2. The molecule has 0 fully saturated rings. The van der Waals surface area contributed by atoms with Gasteiger partial charge in [-0.2, -0.15) is 13.2 Å². The van der Waals surface area contributed by atoms with Crippen LogP contribution in [0.5, 0.6) is 0 Å². The minimum Gasteiger partial charge on any atom is -0.323 e. The lowest BCUT2D eigenvalue weighted by atomic mass is 10.1. The van der Waals surface area contributed by atoms with Gasteiger partial charge < -0.3 is 4.52 Å². The van der Waals surface area contributed by atoms with E-state index in [0.717, 1.165) is 13.3 Å². The van der Waals surface area contributed by atoms with Crippen molar-refractivity contribution in [3.63, 3.8) is 0 Å². The lowest BCUT2D eigenvalue weighted by Gasteiger charge is -2.11. The fourth-order valence-electron chi connectivity index (χ4n) is 1.50. The van der Waals surface area contributed by atoms with Crippen LogP contribution in [0.2, 0.25) is 0 Å². The first-order valence-corrected chi connectivity index (χ1v) is 8.07. The molecule has 0 radical (unpaired) electrons. The van der Waals surface area contributed by atoms with E-state index in [1.807, 2.05) is 0 Å². The van der Waals surface area contributed by atoms with E-state index in [0.29, 0.717) is 0 Å². The minimum atomic E-state index is -4.99. The molecule has 0 aliphatic carbocycles. The fourth-order valence-corrected chi connectivity index (χ4v) is 1.94. The molecule has 0 saturated heterocycles. The number of alkyl halides is 3. The van der Waals surface area contributed by atoms with Crippen molar-refractivity contribution in [2.75, 3.05) is 13.3 Å². The first-order chi connectivity index (χ1) is 9.83. The van der Waals surface area contributed by atoms with Crippen LogP contribution in [0, 0.1) is 20.2 Å². The number of nitro benzene ring substituents is 2. The second kappa shape index (κ2) is 6.01. The van der Waals surface area contributed by atoms with Crippen LogP contribution in [0.15, 0.2) is 12.1 Å². The predicted octanol–water partition coefficient (Wildman–Crippen LogP) is 3.58. The highest BCUT2D eigenvalue weighted by Gasteiger charge is 2.37. The van der Waals surface area contributed by atoms with Crippen molar-refractivity contribution in [3.8, 4) is 0 Å². The minimum absolute atomic E-state index is 0.182. The summed E-state index contributed by atoms with van der Waals surface area (Å²) in [5.74, 6) is 0. The molecule has 0 aliphatic heterocycles. The van der Waals surface area contributed by atoms with Crippen molar-refractivity contribution < 1.29 is 32.1 Å². The molecule has 0 aliphatic rings. The molecule has 1 aromatic carbocycles. The molecule has 12 heteroatoms. The smallest absolute Gasteiger partial charge is 0.323 e. The van der Waals surface area contributed by atoms with Crippen LogP contribution >= 0.6 is 7.37 Å². The van der Waals surface area contributed by atoms with E-state index in [2.05, 4.69) is 0 Å². The Bertz CT molecular complexity index is 634.